The van der Waals surface area contributed by atoms with Crippen LogP contribution in [0, 0.1) is 12.7 Å². The van der Waals surface area contributed by atoms with Crippen molar-refractivity contribution in [2.75, 3.05) is 7.11 Å². The third-order valence-electron chi connectivity index (χ3n) is 4.68. The Labute approximate surface area is 165 Å². The van der Waals surface area contributed by atoms with Gasteiger partial charge in [0.15, 0.2) is 17.1 Å². The van der Waals surface area contributed by atoms with E-state index in [9.17, 15) is 14.3 Å². The summed E-state index contributed by atoms with van der Waals surface area (Å²) in [5, 5.41) is 15.1. The van der Waals surface area contributed by atoms with Crippen molar-refractivity contribution >= 4 is 16.9 Å². The smallest absolute Gasteiger partial charge is 0.250 e. The molecule has 0 radical (unpaired) electrons. The van der Waals surface area contributed by atoms with Crippen molar-refractivity contribution in [3.8, 4) is 28.3 Å². The highest BCUT2D eigenvalue weighted by Crippen LogP contribution is 2.38. The summed E-state index contributed by atoms with van der Waals surface area (Å²) in [7, 11) is 1.44. The lowest BCUT2D eigenvalue weighted by Gasteiger charge is -2.12. The number of aromatic nitrogens is 3. The van der Waals surface area contributed by atoms with Gasteiger partial charge in [0.2, 0.25) is 0 Å². The van der Waals surface area contributed by atoms with Crippen LogP contribution in [0.3, 0.4) is 0 Å². The molecular weight excluding hydrogens is 375 g/mol. The topological polar surface area (TPSA) is 103 Å². The number of nitrogens with two attached hydrogens (primary N) is 1. The highest BCUT2D eigenvalue weighted by atomic mass is 19.1. The van der Waals surface area contributed by atoms with Gasteiger partial charge in [0, 0.05) is 11.8 Å². The Morgan fingerprint density at radius 2 is 1.93 bits per heavy atom. The minimum Gasteiger partial charge on any atom is -0.504 e. The Morgan fingerprint density at radius 1 is 1.21 bits per heavy atom. The van der Waals surface area contributed by atoms with Gasteiger partial charge in [-0.05, 0) is 48.9 Å². The van der Waals surface area contributed by atoms with Crippen LogP contribution in [0.5, 0.6) is 11.5 Å². The first-order valence-electron chi connectivity index (χ1n) is 8.72. The number of phenols is 1. The molecule has 7 nitrogen and oxygen atoms in total. The SMILES string of the molecule is COc1cc(-c2c(C(N)=O)cnc3c2c(C)nn3-c2ccc(F)cc2)ccc1O. The van der Waals surface area contributed by atoms with E-state index in [-0.39, 0.29) is 22.9 Å². The summed E-state index contributed by atoms with van der Waals surface area (Å²) in [5.74, 6) is -0.773. The van der Waals surface area contributed by atoms with Crippen LogP contribution < -0.4 is 10.5 Å². The monoisotopic (exact) mass is 392 g/mol. The second kappa shape index (κ2) is 6.90. The number of nitrogens with zero attached hydrogens (tertiary/aromatic N) is 3. The van der Waals surface area contributed by atoms with Crippen molar-refractivity contribution < 1.29 is 19.0 Å². The van der Waals surface area contributed by atoms with Crippen LogP contribution in [0.4, 0.5) is 4.39 Å². The van der Waals surface area contributed by atoms with E-state index < -0.39 is 5.91 Å². The van der Waals surface area contributed by atoms with Crippen LogP contribution in [0.25, 0.3) is 27.8 Å². The van der Waals surface area contributed by atoms with Crippen molar-refractivity contribution in [1.29, 1.82) is 0 Å². The standard InChI is InChI=1S/C21H17FN4O3/c1-11-18-19(12-3-8-16(27)17(9-12)29-2)15(20(23)28)10-24-21(18)26(25-11)14-6-4-13(22)5-7-14/h3-10,27H,1-2H3,(H2,23,28). The number of pyridine rings is 1. The molecule has 0 aliphatic carbocycles. The zero-order valence-corrected chi connectivity index (χ0v) is 15.7. The van der Waals surface area contributed by atoms with Crippen LogP contribution in [-0.2, 0) is 0 Å². The number of hydrogen-bond donors (Lipinski definition) is 2. The largest absolute Gasteiger partial charge is 0.504 e. The number of ether oxygens (including phenoxy) is 1. The Hall–Kier alpha value is -3.94. The lowest BCUT2D eigenvalue weighted by atomic mass is 9.96. The molecule has 8 heteroatoms. The van der Waals surface area contributed by atoms with Crippen molar-refractivity contribution in [3.05, 3.63) is 65.7 Å². The molecule has 0 aliphatic heterocycles. The molecule has 0 fully saturated rings. The number of aromatic hydroxyl groups is 1. The number of halogens is 1. The van der Waals surface area contributed by atoms with Crippen molar-refractivity contribution in [1.82, 2.24) is 14.8 Å². The summed E-state index contributed by atoms with van der Waals surface area (Å²) < 4.78 is 20.1. The van der Waals surface area contributed by atoms with E-state index in [4.69, 9.17) is 10.5 Å². The van der Waals surface area contributed by atoms with Crippen LogP contribution in [0.1, 0.15) is 16.1 Å². The quantitative estimate of drug-likeness (QED) is 0.554. The first-order chi connectivity index (χ1) is 13.9. The zero-order valence-electron chi connectivity index (χ0n) is 15.7. The van der Waals surface area contributed by atoms with E-state index in [2.05, 4.69) is 10.1 Å². The van der Waals surface area contributed by atoms with E-state index in [1.54, 1.807) is 35.9 Å². The molecule has 2 aromatic carbocycles. The molecule has 2 aromatic heterocycles. The Morgan fingerprint density at radius 3 is 2.59 bits per heavy atom. The van der Waals surface area contributed by atoms with Crippen molar-refractivity contribution in [2.45, 2.75) is 6.92 Å². The summed E-state index contributed by atoms with van der Waals surface area (Å²) >= 11 is 0. The van der Waals surface area contributed by atoms with Crippen LogP contribution in [0.2, 0.25) is 0 Å². The van der Waals surface area contributed by atoms with Gasteiger partial charge in [0.25, 0.3) is 5.91 Å². The lowest BCUT2D eigenvalue weighted by molar-refractivity contribution is 0.100. The summed E-state index contributed by atoms with van der Waals surface area (Å²) in [6.07, 6.45) is 1.39. The predicted octanol–water partition coefficient (Wildman–Crippen LogP) is 3.35. The third-order valence-corrected chi connectivity index (χ3v) is 4.68. The maximum atomic E-state index is 13.3. The van der Waals surface area contributed by atoms with Crippen LogP contribution in [-0.4, -0.2) is 32.9 Å². The molecule has 0 saturated heterocycles. The lowest BCUT2D eigenvalue weighted by Crippen LogP contribution is -2.13. The zero-order chi connectivity index (χ0) is 20.7. The van der Waals surface area contributed by atoms with Crippen LogP contribution in [0.15, 0.2) is 48.7 Å². The van der Waals surface area contributed by atoms with Crippen LogP contribution >= 0.6 is 0 Å². The molecule has 1 amide bonds. The normalized spacial score (nSPS) is 11.0. The average molecular weight is 392 g/mol. The second-order valence-electron chi connectivity index (χ2n) is 6.47. The molecule has 146 valence electrons. The number of methoxy groups -OCH3 is 1. The molecule has 29 heavy (non-hydrogen) atoms. The van der Waals surface area contributed by atoms with E-state index in [0.717, 1.165) is 0 Å². The highest BCUT2D eigenvalue weighted by molar-refractivity contribution is 6.08. The number of carbonyl (C=O) groups excluding carboxylic acids is 1. The minimum atomic E-state index is -0.643. The number of rotatable bonds is 4. The predicted molar refractivity (Wildman–Crippen MR) is 106 cm³/mol. The molecule has 0 bridgehead atoms. The fourth-order valence-corrected chi connectivity index (χ4v) is 3.33. The van der Waals surface area contributed by atoms with E-state index in [0.29, 0.717) is 33.5 Å². The van der Waals surface area contributed by atoms with Gasteiger partial charge in [0.05, 0.1) is 29.4 Å². The molecule has 0 unspecified atom stereocenters. The molecule has 0 saturated carbocycles. The molecule has 0 aliphatic rings. The summed E-state index contributed by atoms with van der Waals surface area (Å²) in [5.41, 5.74) is 8.69. The van der Waals surface area contributed by atoms with Gasteiger partial charge < -0.3 is 15.6 Å². The Bertz CT molecular complexity index is 1250. The van der Waals surface area contributed by atoms with E-state index in [1.165, 1.54) is 31.5 Å². The minimum absolute atomic E-state index is 0.0269. The first kappa shape index (κ1) is 18.4. The van der Waals surface area contributed by atoms with E-state index >= 15 is 0 Å². The number of amides is 1. The van der Waals surface area contributed by atoms with Gasteiger partial charge in [-0.1, -0.05) is 6.07 Å². The number of aryl methyl sites for hydroxylation is 1. The first-order valence-corrected chi connectivity index (χ1v) is 8.72. The molecular formula is C21H17FN4O3. The number of primary amides is 1. The Balaban J connectivity index is 2.06. The third kappa shape index (κ3) is 3.04. The van der Waals surface area contributed by atoms with Gasteiger partial charge >= 0.3 is 0 Å². The summed E-state index contributed by atoms with van der Waals surface area (Å²) in [6.45, 7) is 1.79. The maximum Gasteiger partial charge on any atom is 0.250 e. The van der Waals surface area contributed by atoms with Gasteiger partial charge in [-0.15, -0.1) is 0 Å². The van der Waals surface area contributed by atoms with Gasteiger partial charge in [0.1, 0.15) is 5.82 Å². The van der Waals surface area contributed by atoms with E-state index in [1.807, 2.05) is 0 Å². The van der Waals surface area contributed by atoms with Crippen molar-refractivity contribution in [3.63, 3.8) is 0 Å². The number of benzene rings is 2. The molecule has 0 spiro atoms. The summed E-state index contributed by atoms with van der Waals surface area (Å²) in [6, 6.07) is 10.6. The molecule has 4 rings (SSSR count). The molecule has 0 atom stereocenters. The average Bonchev–Trinajstić information content (AvgIpc) is 3.05. The van der Waals surface area contributed by atoms with Crippen molar-refractivity contribution in [2.24, 2.45) is 5.73 Å². The number of hydrogen-bond acceptors (Lipinski definition) is 5. The fourth-order valence-electron chi connectivity index (χ4n) is 3.33. The fraction of sp³-hybridized carbons (Fsp3) is 0.0952. The second-order valence-corrected chi connectivity index (χ2v) is 6.47. The number of fused-ring (bicyclic) bond motifs is 1. The number of carbonyl (C=O) groups is 1. The summed E-state index contributed by atoms with van der Waals surface area (Å²) in [4.78, 5) is 16.5. The Kier molecular flexibility index (Phi) is 4.38. The highest BCUT2D eigenvalue weighted by Gasteiger charge is 2.22. The molecule has 2 heterocycles. The van der Waals surface area contributed by atoms with Gasteiger partial charge in [-0.25, -0.2) is 14.1 Å². The van der Waals surface area contributed by atoms with Gasteiger partial charge in [-0.2, -0.15) is 5.10 Å². The maximum absolute atomic E-state index is 13.3. The number of phenolic OH excluding ortho intramolecular Hbond substituents is 1. The molecule has 4 aromatic rings. The molecule has 3 N–H and O–H groups in total. The van der Waals surface area contributed by atoms with Gasteiger partial charge in [-0.3, -0.25) is 4.79 Å².